The number of hydrogen-bond donors (Lipinski definition) is 1. The standard InChI is InChI=1S/C14H19N3O3/c18-8-2-5-11-4-1-7-17(11)10-13-15-16-14(20-13)12-6-3-9-19-12/h3,6,9,11,18H,1-2,4-5,7-8,10H2. The Bertz CT molecular complexity index is 524. The summed E-state index contributed by atoms with van der Waals surface area (Å²) >= 11 is 0. The van der Waals surface area contributed by atoms with Crippen LogP contribution in [0.2, 0.25) is 0 Å². The lowest BCUT2D eigenvalue weighted by Crippen LogP contribution is -2.29. The minimum absolute atomic E-state index is 0.257. The molecule has 0 bridgehead atoms. The van der Waals surface area contributed by atoms with Crippen LogP contribution in [0.25, 0.3) is 11.7 Å². The van der Waals surface area contributed by atoms with Crippen molar-refractivity contribution in [2.24, 2.45) is 0 Å². The van der Waals surface area contributed by atoms with Crippen molar-refractivity contribution in [3.8, 4) is 11.7 Å². The molecule has 0 amide bonds. The summed E-state index contributed by atoms with van der Waals surface area (Å²) in [6, 6.07) is 4.11. The molecule has 3 heterocycles. The molecule has 108 valence electrons. The Hall–Kier alpha value is -1.66. The van der Waals surface area contributed by atoms with E-state index < -0.39 is 0 Å². The number of likely N-dealkylation sites (tertiary alicyclic amines) is 1. The molecule has 1 N–H and O–H groups in total. The molecule has 0 aromatic carbocycles. The first-order valence-corrected chi connectivity index (χ1v) is 7.08. The van der Waals surface area contributed by atoms with Gasteiger partial charge in [0.15, 0.2) is 5.76 Å². The zero-order valence-electron chi connectivity index (χ0n) is 11.4. The fourth-order valence-electron chi connectivity index (χ4n) is 2.75. The highest BCUT2D eigenvalue weighted by Gasteiger charge is 2.25. The van der Waals surface area contributed by atoms with Crippen molar-refractivity contribution >= 4 is 0 Å². The van der Waals surface area contributed by atoms with E-state index in [0.29, 0.717) is 30.1 Å². The third-order valence-corrected chi connectivity index (χ3v) is 3.73. The first-order chi connectivity index (χ1) is 9.86. The van der Waals surface area contributed by atoms with E-state index >= 15 is 0 Å². The van der Waals surface area contributed by atoms with Crippen LogP contribution in [-0.2, 0) is 6.54 Å². The molecular formula is C14H19N3O3. The van der Waals surface area contributed by atoms with E-state index in [-0.39, 0.29) is 6.61 Å². The van der Waals surface area contributed by atoms with Gasteiger partial charge < -0.3 is 13.9 Å². The van der Waals surface area contributed by atoms with Crippen LogP contribution in [-0.4, -0.2) is 39.4 Å². The van der Waals surface area contributed by atoms with Crippen molar-refractivity contribution in [2.45, 2.75) is 38.3 Å². The van der Waals surface area contributed by atoms with E-state index in [2.05, 4.69) is 15.1 Å². The van der Waals surface area contributed by atoms with Crippen LogP contribution in [0.5, 0.6) is 0 Å². The van der Waals surface area contributed by atoms with Gasteiger partial charge in [0.25, 0.3) is 5.89 Å². The van der Waals surface area contributed by atoms with Gasteiger partial charge in [0.2, 0.25) is 5.89 Å². The second-order valence-electron chi connectivity index (χ2n) is 5.11. The van der Waals surface area contributed by atoms with Gasteiger partial charge in [0.1, 0.15) is 0 Å². The number of aliphatic hydroxyl groups is 1. The fraction of sp³-hybridized carbons (Fsp3) is 0.571. The maximum atomic E-state index is 8.94. The number of nitrogens with zero attached hydrogens (tertiary/aromatic N) is 3. The third kappa shape index (κ3) is 2.91. The molecule has 2 aromatic rings. The van der Waals surface area contributed by atoms with Gasteiger partial charge in [0, 0.05) is 12.6 Å². The number of hydrogen-bond acceptors (Lipinski definition) is 6. The van der Waals surface area contributed by atoms with Crippen molar-refractivity contribution in [3.63, 3.8) is 0 Å². The molecule has 1 unspecified atom stereocenters. The molecule has 3 rings (SSSR count). The van der Waals surface area contributed by atoms with Crippen molar-refractivity contribution < 1.29 is 13.9 Å². The summed E-state index contributed by atoms with van der Waals surface area (Å²) in [5, 5.41) is 17.0. The zero-order valence-corrected chi connectivity index (χ0v) is 11.4. The highest BCUT2D eigenvalue weighted by atomic mass is 16.4. The van der Waals surface area contributed by atoms with Crippen molar-refractivity contribution in [3.05, 3.63) is 24.3 Å². The molecule has 1 aliphatic heterocycles. The maximum absolute atomic E-state index is 8.94. The van der Waals surface area contributed by atoms with Gasteiger partial charge in [-0.2, -0.15) is 0 Å². The molecule has 1 fully saturated rings. The zero-order chi connectivity index (χ0) is 13.8. The highest BCUT2D eigenvalue weighted by Crippen LogP contribution is 2.24. The molecule has 6 heteroatoms. The fourth-order valence-corrected chi connectivity index (χ4v) is 2.75. The van der Waals surface area contributed by atoms with Crippen LogP contribution in [0.4, 0.5) is 0 Å². The average molecular weight is 277 g/mol. The van der Waals surface area contributed by atoms with E-state index in [4.69, 9.17) is 13.9 Å². The summed E-state index contributed by atoms with van der Waals surface area (Å²) in [7, 11) is 0. The molecular weight excluding hydrogens is 258 g/mol. The average Bonchev–Trinajstić information content (AvgIpc) is 3.18. The summed E-state index contributed by atoms with van der Waals surface area (Å²) in [6.07, 6.45) is 5.83. The van der Waals surface area contributed by atoms with E-state index in [1.54, 1.807) is 18.4 Å². The van der Waals surface area contributed by atoms with Gasteiger partial charge in [-0.25, -0.2) is 0 Å². The quantitative estimate of drug-likeness (QED) is 0.871. The molecule has 1 atom stereocenters. The lowest BCUT2D eigenvalue weighted by molar-refractivity contribution is 0.195. The summed E-state index contributed by atoms with van der Waals surface area (Å²) in [5.41, 5.74) is 0. The highest BCUT2D eigenvalue weighted by molar-refractivity contribution is 5.42. The van der Waals surface area contributed by atoms with Gasteiger partial charge in [-0.3, -0.25) is 4.90 Å². The first kappa shape index (κ1) is 13.3. The molecule has 0 spiro atoms. The predicted molar refractivity (Wildman–Crippen MR) is 71.8 cm³/mol. The Kier molecular flexibility index (Phi) is 4.13. The Morgan fingerprint density at radius 2 is 2.35 bits per heavy atom. The van der Waals surface area contributed by atoms with E-state index in [9.17, 15) is 0 Å². The van der Waals surface area contributed by atoms with Crippen molar-refractivity contribution in [1.82, 2.24) is 15.1 Å². The summed E-state index contributed by atoms with van der Waals surface area (Å²) in [4.78, 5) is 2.36. The molecule has 1 saturated heterocycles. The maximum Gasteiger partial charge on any atom is 0.283 e. The lowest BCUT2D eigenvalue weighted by atomic mass is 10.1. The first-order valence-electron chi connectivity index (χ1n) is 7.08. The Labute approximate surface area is 117 Å². The van der Waals surface area contributed by atoms with E-state index in [0.717, 1.165) is 19.4 Å². The number of aromatic nitrogens is 2. The number of rotatable bonds is 6. The minimum atomic E-state index is 0.257. The Morgan fingerprint density at radius 3 is 3.15 bits per heavy atom. The lowest BCUT2D eigenvalue weighted by Gasteiger charge is -2.22. The Morgan fingerprint density at radius 1 is 1.40 bits per heavy atom. The largest absolute Gasteiger partial charge is 0.459 e. The topological polar surface area (TPSA) is 75.5 Å². The van der Waals surface area contributed by atoms with Crippen LogP contribution >= 0.6 is 0 Å². The van der Waals surface area contributed by atoms with Gasteiger partial charge >= 0.3 is 0 Å². The SMILES string of the molecule is OCCCC1CCCN1Cc1nnc(-c2ccco2)o1. The Balaban J connectivity index is 1.62. The predicted octanol–water partition coefficient (Wildman–Crippen LogP) is 2.07. The summed E-state index contributed by atoms with van der Waals surface area (Å²) in [5.74, 6) is 1.64. The number of aliphatic hydroxyl groups excluding tert-OH is 1. The summed E-state index contributed by atoms with van der Waals surface area (Å²) < 4.78 is 10.9. The smallest absolute Gasteiger partial charge is 0.283 e. The molecule has 2 aromatic heterocycles. The third-order valence-electron chi connectivity index (χ3n) is 3.73. The van der Waals surface area contributed by atoms with Crippen LogP contribution < -0.4 is 0 Å². The monoisotopic (exact) mass is 277 g/mol. The van der Waals surface area contributed by atoms with Gasteiger partial charge in [0.05, 0.1) is 12.8 Å². The van der Waals surface area contributed by atoms with Crippen molar-refractivity contribution in [1.29, 1.82) is 0 Å². The van der Waals surface area contributed by atoms with E-state index in [1.165, 1.54) is 12.8 Å². The van der Waals surface area contributed by atoms with E-state index in [1.807, 2.05) is 0 Å². The second kappa shape index (κ2) is 6.19. The van der Waals surface area contributed by atoms with Gasteiger partial charge in [-0.1, -0.05) is 0 Å². The van der Waals surface area contributed by atoms with Crippen LogP contribution in [0.1, 0.15) is 31.6 Å². The van der Waals surface area contributed by atoms with Crippen LogP contribution in [0.15, 0.2) is 27.2 Å². The van der Waals surface area contributed by atoms with Gasteiger partial charge in [-0.05, 0) is 44.4 Å². The van der Waals surface area contributed by atoms with Crippen LogP contribution in [0, 0.1) is 0 Å². The van der Waals surface area contributed by atoms with Gasteiger partial charge in [-0.15, -0.1) is 10.2 Å². The normalized spacial score (nSPS) is 19.8. The molecule has 0 saturated carbocycles. The molecule has 6 nitrogen and oxygen atoms in total. The molecule has 20 heavy (non-hydrogen) atoms. The molecule has 0 radical (unpaired) electrons. The second-order valence-corrected chi connectivity index (χ2v) is 5.11. The van der Waals surface area contributed by atoms with Crippen molar-refractivity contribution in [2.75, 3.05) is 13.2 Å². The summed E-state index contributed by atoms with van der Waals surface area (Å²) in [6.45, 7) is 1.98. The molecule has 1 aliphatic rings. The molecule has 0 aliphatic carbocycles. The van der Waals surface area contributed by atoms with Crippen LogP contribution in [0.3, 0.4) is 0 Å². The number of furan rings is 1. The minimum Gasteiger partial charge on any atom is -0.459 e.